The molecule has 0 spiro atoms. The van der Waals surface area contributed by atoms with Gasteiger partial charge in [0, 0.05) is 36.3 Å². The number of aliphatic imine (C=N–C) groups is 1. The molecule has 1 aliphatic heterocycles. The smallest absolute Gasteiger partial charge is 0.198 e. The van der Waals surface area contributed by atoms with Crippen molar-refractivity contribution in [1.29, 1.82) is 0 Å². The lowest BCUT2D eigenvalue weighted by Crippen LogP contribution is -2.27. The number of halogens is 2. The summed E-state index contributed by atoms with van der Waals surface area (Å²) < 4.78 is 27.9. The van der Waals surface area contributed by atoms with Crippen LogP contribution in [0.5, 0.6) is 5.88 Å². The molecule has 0 atom stereocenters. The molecule has 2 aromatic carbocycles. The minimum atomic E-state index is -0.405. The van der Waals surface area contributed by atoms with Crippen molar-refractivity contribution < 1.29 is 13.9 Å². The van der Waals surface area contributed by atoms with Crippen molar-refractivity contribution in [3.8, 4) is 5.88 Å². The van der Waals surface area contributed by atoms with Crippen LogP contribution in [0.15, 0.2) is 53.5 Å². The van der Waals surface area contributed by atoms with Crippen molar-refractivity contribution in [1.82, 2.24) is 4.98 Å². The molecule has 0 amide bonds. The number of aromatic hydroxyl groups is 1. The summed E-state index contributed by atoms with van der Waals surface area (Å²) in [5.74, 6) is -0.854. The summed E-state index contributed by atoms with van der Waals surface area (Å²) in [6.07, 6.45) is 6.42. The Kier molecular flexibility index (Phi) is 4.16. The van der Waals surface area contributed by atoms with Crippen LogP contribution in [0, 0.1) is 11.6 Å². The molecule has 0 fully saturated rings. The Morgan fingerprint density at radius 3 is 2.77 bits per heavy atom. The molecule has 4 nitrogen and oxygen atoms in total. The molecule has 26 heavy (non-hydrogen) atoms. The number of hydrogen-bond acceptors (Lipinski definition) is 3. The lowest BCUT2D eigenvalue weighted by atomic mass is 10.1. The highest BCUT2D eigenvalue weighted by atomic mass is 19.1. The second-order valence-electron chi connectivity index (χ2n) is 6.18. The minimum absolute atomic E-state index is 0.105. The molecule has 0 saturated carbocycles. The normalized spacial score (nSPS) is 14.6. The maximum Gasteiger partial charge on any atom is 0.198 e. The van der Waals surface area contributed by atoms with Gasteiger partial charge in [0.2, 0.25) is 0 Å². The number of anilines is 1. The van der Waals surface area contributed by atoms with E-state index in [0.717, 1.165) is 13.0 Å². The van der Waals surface area contributed by atoms with Crippen LogP contribution >= 0.6 is 0 Å². The summed E-state index contributed by atoms with van der Waals surface area (Å²) in [4.78, 5) is 8.97. The van der Waals surface area contributed by atoms with Crippen LogP contribution in [0.3, 0.4) is 0 Å². The molecule has 0 radical (unpaired) electrons. The van der Waals surface area contributed by atoms with E-state index >= 15 is 0 Å². The maximum absolute atomic E-state index is 14.4. The molecule has 3 aromatic rings. The topological polar surface area (TPSA) is 51.6 Å². The van der Waals surface area contributed by atoms with Crippen LogP contribution in [0.1, 0.15) is 12.0 Å². The van der Waals surface area contributed by atoms with Gasteiger partial charge in [-0.15, -0.1) is 0 Å². The standard InChI is InChI=1S/C20H17F2N3O/c21-13-4-6-18-15(10-13)16(20(26)24-18)12-23-14-5-7-19(17(22)11-14)25-8-2-1-3-9-25/h1-2,4-7,10-12,24,26H,3,8-9H2. The van der Waals surface area contributed by atoms with Crippen LogP contribution < -0.4 is 4.90 Å². The molecule has 1 aromatic heterocycles. The molecule has 0 bridgehead atoms. The van der Waals surface area contributed by atoms with Crippen LogP contribution in [0.4, 0.5) is 20.2 Å². The fourth-order valence-electron chi connectivity index (χ4n) is 3.13. The predicted molar refractivity (Wildman–Crippen MR) is 99.5 cm³/mol. The lowest BCUT2D eigenvalue weighted by molar-refractivity contribution is 0.457. The molecular formula is C20H17F2N3O. The fourth-order valence-corrected chi connectivity index (χ4v) is 3.13. The van der Waals surface area contributed by atoms with E-state index < -0.39 is 5.82 Å². The molecule has 0 saturated heterocycles. The zero-order valence-corrected chi connectivity index (χ0v) is 13.9. The maximum atomic E-state index is 14.4. The van der Waals surface area contributed by atoms with Crippen molar-refractivity contribution in [2.75, 3.05) is 18.0 Å². The number of benzene rings is 2. The first-order chi connectivity index (χ1) is 12.6. The molecular weight excluding hydrogens is 336 g/mol. The third kappa shape index (κ3) is 3.06. The SMILES string of the molecule is Oc1[nH]c2ccc(F)cc2c1C=Nc1ccc(N2CC=CCC2)c(F)c1. The number of fused-ring (bicyclic) bond motifs is 1. The van der Waals surface area contributed by atoms with Gasteiger partial charge in [-0.3, -0.25) is 4.99 Å². The number of nitrogens with zero attached hydrogens (tertiary/aromatic N) is 2. The molecule has 0 unspecified atom stereocenters. The van der Waals surface area contributed by atoms with Crippen molar-refractivity contribution in [2.24, 2.45) is 4.99 Å². The quantitative estimate of drug-likeness (QED) is 0.531. The molecule has 6 heteroatoms. The van der Waals surface area contributed by atoms with Gasteiger partial charge in [0.25, 0.3) is 0 Å². The van der Waals surface area contributed by atoms with Gasteiger partial charge in [-0.05, 0) is 36.8 Å². The Hall–Kier alpha value is -3.15. The zero-order chi connectivity index (χ0) is 18.1. The van der Waals surface area contributed by atoms with Crippen molar-refractivity contribution in [3.05, 3.63) is 65.7 Å². The number of aromatic amines is 1. The predicted octanol–water partition coefficient (Wildman–Crippen LogP) is 4.67. The fraction of sp³-hybridized carbons (Fsp3) is 0.150. The van der Waals surface area contributed by atoms with E-state index in [2.05, 4.69) is 16.1 Å². The van der Waals surface area contributed by atoms with E-state index in [0.29, 0.717) is 34.4 Å². The number of hydrogen-bond donors (Lipinski definition) is 2. The monoisotopic (exact) mass is 353 g/mol. The minimum Gasteiger partial charge on any atom is -0.494 e. The van der Waals surface area contributed by atoms with Crippen LogP contribution in [0.25, 0.3) is 10.9 Å². The summed E-state index contributed by atoms with van der Waals surface area (Å²) in [6, 6.07) is 8.96. The van der Waals surface area contributed by atoms with Crippen molar-refractivity contribution >= 4 is 28.5 Å². The van der Waals surface area contributed by atoms with Gasteiger partial charge in [-0.2, -0.15) is 0 Å². The van der Waals surface area contributed by atoms with E-state index in [1.54, 1.807) is 18.2 Å². The second-order valence-corrected chi connectivity index (χ2v) is 6.18. The van der Waals surface area contributed by atoms with Gasteiger partial charge < -0.3 is 15.0 Å². The summed E-state index contributed by atoms with van der Waals surface area (Å²) in [5, 5.41) is 10.5. The first kappa shape index (κ1) is 16.3. The first-order valence-electron chi connectivity index (χ1n) is 8.35. The molecule has 132 valence electrons. The highest BCUT2D eigenvalue weighted by Crippen LogP contribution is 2.28. The van der Waals surface area contributed by atoms with Crippen molar-refractivity contribution in [3.63, 3.8) is 0 Å². The lowest BCUT2D eigenvalue weighted by Gasteiger charge is -2.25. The highest BCUT2D eigenvalue weighted by molar-refractivity contribution is 6.02. The van der Waals surface area contributed by atoms with E-state index in [1.807, 2.05) is 11.0 Å². The van der Waals surface area contributed by atoms with Gasteiger partial charge in [-0.25, -0.2) is 8.78 Å². The number of rotatable bonds is 3. The molecule has 2 heterocycles. The highest BCUT2D eigenvalue weighted by Gasteiger charge is 2.13. The Balaban J connectivity index is 1.63. The molecule has 2 N–H and O–H groups in total. The molecule has 4 rings (SSSR count). The average molecular weight is 353 g/mol. The third-order valence-corrected chi connectivity index (χ3v) is 4.45. The van der Waals surface area contributed by atoms with Gasteiger partial charge >= 0.3 is 0 Å². The Labute approximate surface area is 149 Å². The number of H-pyrrole nitrogens is 1. The van der Waals surface area contributed by atoms with Crippen LogP contribution in [-0.4, -0.2) is 29.4 Å². The van der Waals surface area contributed by atoms with Crippen LogP contribution in [-0.2, 0) is 0 Å². The Morgan fingerprint density at radius 2 is 2.00 bits per heavy atom. The van der Waals surface area contributed by atoms with Gasteiger partial charge in [-0.1, -0.05) is 12.2 Å². The zero-order valence-electron chi connectivity index (χ0n) is 13.9. The van der Waals surface area contributed by atoms with Gasteiger partial charge in [0.05, 0.1) is 16.9 Å². The van der Waals surface area contributed by atoms with Crippen LogP contribution in [0.2, 0.25) is 0 Å². The summed E-state index contributed by atoms with van der Waals surface area (Å²) >= 11 is 0. The molecule has 0 aliphatic carbocycles. The summed E-state index contributed by atoms with van der Waals surface area (Å²) in [7, 11) is 0. The number of aromatic nitrogens is 1. The van der Waals surface area contributed by atoms with E-state index in [9.17, 15) is 13.9 Å². The summed E-state index contributed by atoms with van der Waals surface area (Å²) in [5.41, 5.74) is 1.93. The number of nitrogens with one attached hydrogen (secondary N) is 1. The Morgan fingerprint density at radius 1 is 1.12 bits per heavy atom. The van der Waals surface area contributed by atoms with E-state index in [1.165, 1.54) is 24.4 Å². The third-order valence-electron chi connectivity index (χ3n) is 4.45. The summed E-state index contributed by atoms with van der Waals surface area (Å²) in [6.45, 7) is 1.47. The van der Waals surface area contributed by atoms with E-state index in [-0.39, 0.29) is 11.7 Å². The van der Waals surface area contributed by atoms with Gasteiger partial charge in [0.15, 0.2) is 5.88 Å². The Bertz CT molecular complexity index is 1020. The van der Waals surface area contributed by atoms with Crippen molar-refractivity contribution in [2.45, 2.75) is 6.42 Å². The van der Waals surface area contributed by atoms with E-state index in [4.69, 9.17) is 0 Å². The second kappa shape index (κ2) is 6.63. The van der Waals surface area contributed by atoms with Gasteiger partial charge in [0.1, 0.15) is 11.6 Å². The molecule has 1 aliphatic rings. The largest absolute Gasteiger partial charge is 0.494 e. The average Bonchev–Trinajstić information content (AvgIpc) is 2.95. The first-order valence-corrected chi connectivity index (χ1v) is 8.35.